The molecule has 25 heavy (non-hydrogen) atoms. The standard InChI is InChI=1S/C20H32N2O3/c1-5-15(6-2)20(23)21-14-17(22-11-7-8-12-22)16-9-10-18(24-3)19(13-16)25-4/h9-10,13,15,17H,5-8,11-12,14H2,1-4H3,(H,21,23). The molecule has 0 aromatic heterocycles. The van der Waals surface area contributed by atoms with E-state index in [2.05, 4.69) is 30.1 Å². The number of hydrogen-bond donors (Lipinski definition) is 1. The molecule has 1 unspecified atom stereocenters. The Morgan fingerprint density at radius 1 is 1.12 bits per heavy atom. The lowest BCUT2D eigenvalue weighted by molar-refractivity contribution is -0.125. The number of ether oxygens (including phenoxy) is 2. The summed E-state index contributed by atoms with van der Waals surface area (Å²) in [7, 11) is 3.30. The van der Waals surface area contributed by atoms with Gasteiger partial charge in [0.15, 0.2) is 11.5 Å². The van der Waals surface area contributed by atoms with E-state index in [1.807, 2.05) is 12.1 Å². The highest BCUT2D eigenvalue weighted by Gasteiger charge is 2.26. The van der Waals surface area contributed by atoms with Crippen LogP contribution in [-0.4, -0.2) is 44.7 Å². The summed E-state index contributed by atoms with van der Waals surface area (Å²) in [5.74, 6) is 1.72. The minimum atomic E-state index is 0.102. The van der Waals surface area contributed by atoms with E-state index in [4.69, 9.17) is 9.47 Å². The number of carbonyl (C=O) groups excluding carboxylic acids is 1. The van der Waals surface area contributed by atoms with E-state index in [-0.39, 0.29) is 17.9 Å². The molecule has 1 amide bonds. The van der Waals surface area contributed by atoms with Crippen molar-refractivity contribution in [3.63, 3.8) is 0 Å². The van der Waals surface area contributed by atoms with Gasteiger partial charge < -0.3 is 14.8 Å². The number of benzene rings is 1. The summed E-state index contributed by atoms with van der Waals surface area (Å²) >= 11 is 0. The van der Waals surface area contributed by atoms with Crippen LogP contribution in [0, 0.1) is 5.92 Å². The third kappa shape index (κ3) is 4.88. The highest BCUT2D eigenvalue weighted by Crippen LogP contribution is 2.33. The molecule has 1 aliphatic heterocycles. The summed E-state index contributed by atoms with van der Waals surface area (Å²) in [4.78, 5) is 14.9. The molecule has 140 valence electrons. The van der Waals surface area contributed by atoms with E-state index in [0.29, 0.717) is 6.54 Å². The van der Waals surface area contributed by atoms with Crippen LogP contribution >= 0.6 is 0 Å². The van der Waals surface area contributed by atoms with Gasteiger partial charge in [0, 0.05) is 12.5 Å². The summed E-state index contributed by atoms with van der Waals surface area (Å²) in [6.07, 6.45) is 4.19. The average molecular weight is 348 g/mol. The van der Waals surface area contributed by atoms with Crippen LogP contribution in [0.15, 0.2) is 18.2 Å². The van der Waals surface area contributed by atoms with Crippen LogP contribution in [0.4, 0.5) is 0 Å². The lowest BCUT2D eigenvalue weighted by Gasteiger charge is -2.29. The van der Waals surface area contributed by atoms with Gasteiger partial charge in [-0.1, -0.05) is 19.9 Å². The Morgan fingerprint density at radius 3 is 2.32 bits per heavy atom. The van der Waals surface area contributed by atoms with Gasteiger partial charge in [-0.2, -0.15) is 0 Å². The first-order chi connectivity index (χ1) is 12.1. The second kappa shape index (κ2) is 9.66. The number of carbonyl (C=O) groups is 1. The van der Waals surface area contributed by atoms with Gasteiger partial charge in [0.05, 0.1) is 20.3 Å². The first-order valence-corrected chi connectivity index (χ1v) is 9.38. The quantitative estimate of drug-likeness (QED) is 0.743. The van der Waals surface area contributed by atoms with Crippen molar-refractivity contribution in [2.75, 3.05) is 33.9 Å². The van der Waals surface area contributed by atoms with Gasteiger partial charge in [-0.15, -0.1) is 0 Å². The molecule has 5 heteroatoms. The number of amides is 1. The van der Waals surface area contributed by atoms with Crippen molar-refractivity contribution in [2.24, 2.45) is 5.92 Å². The molecule has 1 fully saturated rings. The summed E-state index contributed by atoms with van der Waals surface area (Å²) in [5, 5.41) is 3.17. The maximum absolute atomic E-state index is 12.4. The number of methoxy groups -OCH3 is 2. The maximum atomic E-state index is 12.4. The molecule has 0 bridgehead atoms. The van der Waals surface area contributed by atoms with Gasteiger partial charge in [0.2, 0.25) is 5.91 Å². The topological polar surface area (TPSA) is 50.8 Å². The fourth-order valence-corrected chi connectivity index (χ4v) is 3.57. The Balaban J connectivity index is 2.17. The second-order valence-corrected chi connectivity index (χ2v) is 6.63. The SMILES string of the molecule is CCC(CC)C(=O)NCC(c1ccc(OC)c(OC)c1)N1CCCC1. The molecule has 1 aliphatic rings. The van der Waals surface area contributed by atoms with Crippen LogP contribution in [0.2, 0.25) is 0 Å². The molecule has 0 saturated carbocycles. The first-order valence-electron chi connectivity index (χ1n) is 9.38. The van der Waals surface area contributed by atoms with E-state index in [9.17, 15) is 4.79 Å². The molecular weight excluding hydrogens is 316 g/mol. The molecule has 0 aliphatic carbocycles. The summed E-state index contributed by atoms with van der Waals surface area (Å²) < 4.78 is 10.8. The van der Waals surface area contributed by atoms with E-state index in [1.54, 1.807) is 14.2 Å². The van der Waals surface area contributed by atoms with E-state index in [0.717, 1.165) is 43.0 Å². The van der Waals surface area contributed by atoms with Crippen molar-refractivity contribution < 1.29 is 14.3 Å². The number of likely N-dealkylation sites (tertiary alicyclic amines) is 1. The van der Waals surface area contributed by atoms with E-state index >= 15 is 0 Å². The smallest absolute Gasteiger partial charge is 0.223 e. The van der Waals surface area contributed by atoms with Crippen LogP contribution in [0.5, 0.6) is 11.5 Å². The van der Waals surface area contributed by atoms with Gasteiger partial charge in [0.1, 0.15) is 0 Å². The highest BCUT2D eigenvalue weighted by molar-refractivity contribution is 5.78. The molecule has 1 heterocycles. The summed E-state index contributed by atoms with van der Waals surface area (Å²) in [6, 6.07) is 6.22. The average Bonchev–Trinajstić information content (AvgIpc) is 3.17. The van der Waals surface area contributed by atoms with Crippen molar-refractivity contribution in [3.8, 4) is 11.5 Å². The molecule has 1 atom stereocenters. The predicted molar refractivity (Wildman–Crippen MR) is 100 cm³/mol. The molecule has 0 radical (unpaired) electrons. The van der Waals surface area contributed by atoms with Crippen LogP contribution in [0.1, 0.15) is 51.1 Å². The number of nitrogens with zero attached hydrogens (tertiary/aromatic N) is 1. The molecule has 2 rings (SSSR count). The van der Waals surface area contributed by atoms with Gasteiger partial charge >= 0.3 is 0 Å². The maximum Gasteiger partial charge on any atom is 0.223 e. The third-order valence-corrected chi connectivity index (χ3v) is 5.20. The van der Waals surface area contributed by atoms with Crippen LogP contribution in [-0.2, 0) is 4.79 Å². The lowest BCUT2D eigenvalue weighted by Crippen LogP contribution is -2.39. The second-order valence-electron chi connectivity index (χ2n) is 6.63. The molecule has 1 saturated heterocycles. The fourth-order valence-electron chi connectivity index (χ4n) is 3.57. The largest absolute Gasteiger partial charge is 0.493 e. The zero-order chi connectivity index (χ0) is 18.2. The van der Waals surface area contributed by atoms with Crippen LogP contribution < -0.4 is 14.8 Å². The van der Waals surface area contributed by atoms with Gasteiger partial charge in [-0.3, -0.25) is 9.69 Å². The number of rotatable bonds is 9. The van der Waals surface area contributed by atoms with Crippen molar-refractivity contribution in [3.05, 3.63) is 23.8 Å². The molecule has 1 aromatic rings. The Hall–Kier alpha value is -1.75. The van der Waals surface area contributed by atoms with E-state index < -0.39 is 0 Å². The highest BCUT2D eigenvalue weighted by atomic mass is 16.5. The lowest BCUT2D eigenvalue weighted by atomic mass is 10.0. The molecular formula is C20H32N2O3. The molecule has 1 aromatic carbocycles. The van der Waals surface area contributed by atoms with Crippen LogP contribution in [0.25, 0.3) is 0 Å². The number of nitrogens with one attached hydrogen (secondary N) is 1. The Bertz CT molecular complexity index is 552. The zero-order valence-electron chi connectivity index (χ0n) is 16.0. The van der Waals surface area contributed by atoms with Crippen molar-refractivity contribution in [2.45, 2.75) is 45.6 Å². The molecule has 1 N–H and O–H groups in total. The molecule has 5 nitrogen and oxygen atoms in total. The Morgan fingerprint density at radius 2 is 1.76 bits per heavy atom. The summed E-state index contributed by atoms with van der Waals surface area (Å²) in [5.41, 5.74) is 1.16. The van der Waals surface area contributed by atoms with E-state index in [1.165, 1.54) is 12.8 Å². The molecule has 0 spiro atoms. The monoisotopic (exact) mass is 348 g/mol. The van der Waals surface area contributed by atoms with Crippen molar-refractivity contribution in [1.29, 1.82) is 0 Å². The van der Waals surface area contributed by atoms with Crippen LogP contribution in [0.3, 0.4) is 0 Å². The minimum absolute atomic E-state index is 0.102. The Kier molecular flexibility index (Phi) is 7.56. The third-order valence-electron chi connectivity index (χ3n) is 5.20. The normalized spacial score (nSPS) is 16.0. The van der Waals surface area contributed by atoms with Gasteiger partial charge in [-0.25, -0.2) is 0 Å². The Labute approximate surface area is 151 Å². The van der Waals surface area contributed by atoms with Crippen molar-refractivity contribution in [1.82, 2.24) is 10.2 Å². The summed E-state index contributed by atoms with van der Waals surface area (Å²) in [6.45, 7) is 6.91. The zero-order valence-corrected chi connectivity index (χ0v) is 16.0. The van der Waals surface area contributed by atoms with Gasteiger partial charge in [-0.05, 0) is 56.5 Å². The minimum Gasteiger partial charge on any atom is -0.493 e. The fraction of sp³-hybridized carbons (Fsp3) is 0.650. The predicted octanol–water partition coefficient (Wildman–Crippen LogP) is 3.39. The van der Waals surface area contributed by atoms with Gasteiger partial charge in [0.25, 0.3) is 0 Å². The van der Waals surface area contributed by atoms with Crippen molar-refractivity contribution >= 4 is 5.91 Å². The number of hydrogen-bond acceptors (Lipinski definition) is 4. The first kappa shape index (κ1) is 19.6.